The van der Waals surface area contributed by atoms with Crippen molar-refractivity contribution in [2.45, 2.75) is 24.4 Å². The molecule has 0 spiro atoms. The van der Waals surface area contributed by atoms with E-state index in [1.54, 1.807) is 29.7 Å². The Bertz CT molecular complexity index is 1290. The van der Waals surface area contributed by atoms with Gasteiger partial charge in [-0.05, 0) is 36.2 Å². The molecule has 0 fully saturated rings. The molecule has 5 nitrogen and oxygen atoms in total. The van der Waals surface area contributed by atoms with E-state index in [4.69, 9.17) is 0 Å². The van der Waals surface area contributed by atoms with Gasteiger partial charge in [0.05, 0.1) is 21.7 Å². The summed E-state index contributed by atoms with van der Waals surface area (Å²) in [5.74, 6) is 0. The summed E-state index contributed by atoms with van der Waals surface area (Å²) < 4.78 is 30.7. The molecule has 0 saturated carbocycles. The van der Waals surface area contributed by atoms with E-state index in [0.717, 1.165) is 28.0 Å². The number of nitrogens with zero attached hydrogens (tertiary/aromatic N) is 1. The predicted molar refractivity (Wildman–Crippen MR) is 117 cm³/mol. The van der Waals surface area contributed by atoms with Crippen LogP contribution in [-0.4, -0.2) is 13.0 Å². The molecule has 1 aromatic heterocycles. The van der Waals surface area contributed by atoms with Gasteiger partial charge in [0.15, 0.2) is 0 Å². The highest BCUT2D eigenvalue weighted by Crippen LogP contribution is 2.24. The molecular formula is C22H20N2O3S2. The molecule has 0 aliphatic rings. The van der Waals surface area contributed by atoms with Crippen LogP contribution in [0.15, 0.2) is 88.6 Å². The van der Waals surface area contributed by atoms with Crippen molar-refractivity contribution in [3.05, 3.63) is 99.7 Å². The van der Waals surface area contributed by atoms with Crippen LogP contribution in [0.2, 0.25) is 0 Å². The Kier molecular flexibility index (Phi) is 5.36. The Labute approximate surface area is 173 Å². The molecule has 3 aromatic carbocycles. The molecule has 1 N–H and O–H groups in total. The minimum Gasteiger partial charge on any atom is -0.294 e. The molecule has 1 heterocycles. The monoisotopic (exact) mass is 424 g/mol. The zero-order valence-electron chi connectivity index (χ0n) is 15.8. The third-order valence-corrected chi connectivity index (χ3v) is 7.25. The van der Waals surface area contributed by atoms with Crippen LogP contribution < -0.4 is 9.60 Å². The van der Waals surface area contributed by atoms with Gasteiger partial charge in [0.2, 0.25) is 10.0 Å². The first kappa shape index (κ1) is 19.6. The number of thiazole rings is 1. The van der Waals surface area contributed by atoms with E-state index in [1.807, 2.05) is 60.7 Å². The topological polar surface area (TPSA) is 68.2 Å². The van der Waals surface area contributed by atoms with Gasteiger partial charge in [0, 0.05) is 6.04 Å². The van der Waals surface area contributed by atoms with Crippen LogP contribution >= 0.6 is 11.3 Å². The van der Waals surface area contributed by atoms with E-state index in [1.165, 1.54) is 0 Å². The molecule has 0 aliphatic heterocycles. The Morgan fingerprint density at radius 2 is 1.62 bits per heavy atom. The van der Waals surface area contributed by atoms with E-state index in [0.29, 0.717) is 11.2 Å². The molecule has 4 aromatic rings. The van der Waals surface area contributed by atoms with Crippen molar-refractivity contribution in [3.8, 4) is 0 Å². The van der Waals surface area contributed by atoms with Crippen molar-refractivity contribution in [2.75, 3.05) is 0 Å². The second kappa shape index (κ2) is 7.94. The lowest BCUT2D eigenvalue weighted by molar-refractivity contribution is 0.567. The smallest absolute Gasteiger partial charge is 0.294 e. The van der Waals surface area contributed by atoms with E-state index in [-0.39, 0.29) is 15.8 Å². The number of nitrogens with one attached hydrogen (secondary N) is 1. The first-order chi connectivity index (χ1) is 13.9. The van der Waals surface area contributed by atoms with Gasteiger partial charge in [-0.15, -0.1) is 0 Å². The lowest BCUT2D eigenvalue weighted by atomic mass is 10.1. The summed E-state index contributed by atoms with van der Waals surface area (Å²) in [5.41, 5.74) is 2.64. The zero-order chi connectivity index (χ0) is 20.4. The number of rotatable bonds is 6. The summed E-state index contributed by atoms with van der Waals surface area (Å²) in [6.45, 7) is 2.26. The number of sulfonamides is 1. The van der Waals surface area contributed by atoms with Gasteiger partial charge in [-0.2, -0.15) is 0 Å². The third kappa shape index (κ3) is 4.17. The highest BCUT2D eigenvalue weighted by atomic mass is 32.2. The first-order valence-corrected chi connectivity index (χ1v) is 11.5. The fourth-order valence-corrected chi connectivity index (χ4v) is 5.50. The van der Waals surface area contributed by atoms with E-state index >= 15 is 0 Å². The number of hydrogen-bond donors (Lipinski definition) is 1. The second-order valence-corrected chi connectivity index (χ2v) is 9.53. The van der Waals surface area contributed by atoms with Crippen molar-refractivity contribution in [2.24, 2.45) is 0 Å². The van der Waals surface area contributed by atoms with Gasteiger partial charge in [-0.1, -0.05) is 72.0 Å². The van der Waals surface area contributed by atoms with Crippen LogP contribution in [0.1, 0.15) is 24.1 Å². The Morgan fingerprint density at radius 3 is 2.31 bits per heavy atom. The summed E-state index contributed by atoms with van der Waals surface area (Å²) in [4.78, 5) is 12.5. The lowest BCUT2D eigenvalue weighted by Gasteiger charge is -2.14. The number of aromatic nitrogens is 1. The Morgan fingerprint density at radius 1 is 0.966 bits per heavy atom. The van der Waals surface area contributed by atoms with E-state index in [2.05, 4.69) is 4.72 Å². The fourth-order valence-electron chi connectivity index (χ4n) is 3.24. The van der Waals surface area contributed by atoms with Gasteiger partial charge in [-0.3, -0.25) is 9.36 Å². The summed E-state index contributed by atoms with van der Waals surface area (Å²) in [5, 5.41) is 0. The second-order valence-electron chi connectivity index (χ2n) is 6.82. The Hall–Kier alpha value is -2.74. The molecule has 0 saturated heterocycles. The van der Waals surface area contributed by atoms with Crippen molar-refractivity contribution in [3.63, 3.8) is 0 Å². The van der Waals surface area contributed by atoms with Crippen LogP contribution in [0.5, 0.6) is 0 Å². The predicted octanol–water partition coefficient (Wildman–Crippen LogP) is 4.15. The Balaban J connectivity index is 1.64. The minimum atomic E-state index is -3.72. The first-order valence-electron chi connectivity index (χ1n) is 9.19. The zero-order valence-corrected chi connectivity index (χ0v) is 17.4. The molecule has 29 heavy (non-hydrogen) atoms. The van der Waals surface area contributed by atoms with Crippen LogP contribution in [0, 0.1) is 0 Å². The molecule has 0 amide bonds. The lowest BCUT2D eigenvalue weighted by Crippen LogP contribution is -2.26. The molecular weight excluding hydrogens is 404 g/mol. The van der Waals surface area contributed by atoms with Crippen LogP contribution in [0.3, 0.4) is 0 Å². The average molecular weight is 425 g/mol. The summed E-state index contributed by atoms with van der Waals surface area (Å²) in [6.07, 6.45) is 0. The van der Waals surface area contributed by atoms with Crippen molar-refractivity contribution >= 4 is 31.6 Å². The number of fused-ring (bicyclic) bond motifs is 1. The van der Waals surface area contributed by atoms with Gasteiger partial charge < -0.3 is 0 Å². The summed E-state index contributed by atoms with van der Waals surface area (Å²) in [6, 6.07) is 23.6. The molecule has 0 bridgehead atoms. The van der Waals surface area contributed by atoms with Crippen molar-refractivity contribution in [1.29, 1.82) is 0 Å². The quantitative estimate of drug-likeness (QED) is 0.506. The maximum atomic E-state index is 12.9. The molecule has 0 aliphatic carbocycles. The normalized spacial score (nSPS) is 12.9. The van der Waals surface area contributed by atoms with Crippen LogP contribution in [0.25, 0.3) is 10.2 Å². The highest BCUT2D eigenvalue weighted by molar-refractivity contribution is 7.89. The van der Waals surface area contributed by atoms with Crippen molar-refractivity contribution in [1.82, 2.24) is 9.29 Å². The average Bonchev–Trinajstić information content (AvgIpc) is 3.03. The SMILES string of the molecule is C[C@H](NS(=O)(=O)c1ccc2c(c1)sc(=O)n2Cc1ccccc1)c1ccccc1. The fraction of sp³-hybridized carbons (Fsp3) is 0.136. The third-order valence-electron chi connectivity index (χ3n) is 4.77. The molecule has 4 rings (SSSR count). The number of hydrogen-bond acceptors (Lipinski definition) is 4. The van der Waals surface area contributed by atoms with Gasteiger partial charge in [0.1, 0.15) is 0 Å². The minimum absolute atomic E-state index is 0.107. The maximum absolute atomic E-state index is 12.9. The van der Waals surface area contributed by atoms with E-state index in [9.17, 15) is 13.2 Å². The van der Waals surface area contributed by atoms with Crippen molar-refractivity contribution < 1.29 is 8.42 Å². The van der Waals surface area contributed by atoms with E-state index < -0.39 is 10.0 Å². The molecule has 0 unspecified atom stereocenters. The molecule has 0 radical (unpaired) electrons. The summed E-state index contributed by atoms with van der Waals surface area (Å²) >= 11 is 1.06. The highest BCUT2D eigenvalue weighted by Gasteiger charge is 2.20. The summed E-state index contributed by atoms with van der Waals surface area (Å²) in [7, 11) is -3.72. The van der Waals surface area contributed by atoms with Crippen LogP contribution in [-0.2, 0) is 16.6 Å². The number of benzene rings is 3. The van der Waals surface area contributed by atoms with Gasteiger partial charge in [-0.25, -0.2) is 13.1 Å². The standard InChI is InChI=1S/C22H20N2O3S2/c1-16(18-10-6-3-7-11-18)23-29(26,27)19-12-13-20-21(14-19)28-22(25)24(20)15-17-8-4-2-5-9-17/h2-14,16,23H,15H2,1H3/t16-/m0/s1. The molecule has 1 atom stereocenters. The van der Waals surface area contributed by atoms with Crippen LogP contribution in [0.4, 0.5) is 0 Å². The van der Waals surface area contributed by atoms with Gasteiger partial charge >= 0.3 is 4.87 Å². The molecule has 7 heteroatoms. The maximum Gasteiger partial charge on any atom is 0.308 e. The van der Waals surface area contributed by atoms with Gasteiger partial charge in [0.25, 0.3) is 0 Å². The molecule has 148 valence electrons. The largest absolute Gasteiger partial charge is 0.308 e.